The number of anilines is 2. The van der Waals surface area contributed by atoms with Crippen LogP contribution in [0.15, 0.2) is 48.9 Å². The summed E-state index contributed by atoms with van der Waals surface area (Å²) in [5.41, 5.74) is 3.11. The van der Waals surface area contributed by atoms with Gasteiger partial charge in [-0.15, -0.1) is 0 Å². The zero-order valence-electron chi connectivity index (χ0n) is 19.5. The number of pyridine rings is 1. The van der Waals surface area contributed by atoms with Crippen LogP contribution in [0.4, 0.5) is 16.3 Å². The van der Waals surface area contributed by atoms with Gasteiger partial charge in [0.05, 0.1) is 34.2 Å². The van der Waals surface area contributed by atoms with Gasteiger partial charge in [-0.1, -0.05) is 11.6 Å². The van der Waals surface area contributed by atoms with E-state index in [-0.39, 0.29) is 12.0 Å². The molecule has 0 aliphatic carbocycles. The van der Waals surface area contributed by atoms with Crippen molar-refractivity contribution in [1.29, 1.82) is 0 Å². The number of ether oxygens (including phenoxy) is 1. The van der Waals surface area contributed by atoms with Gasteiger partial charge in [0.2, 0.25) is 0 Å². The van der Waals surface area contributed by atoms with Gasteiger partial charge in [0, 0.05) is 56.1 Å². The van der Waals surface area contributed by atoms with Crippen molar-refractivity contribution in [3.63, 3.8) is 0 Å². The van der Waals surface area contributed by atoms with Gasteiger partial charge in [0.25, 0.3) is 5.91 Å². The topological polar surface area (TPSA) is 94.3 Å². The number of rotatable bonds is 5. The molecule has 0 bridgehead atoms. The highest BCUT2D eigenvalue weighted by molar-refractivity contribution is 6.33. The molecule has 0 atom stereocenters. The Hall–Kier alpha value is -3.85. The summed E-state index contributed by atoms with van der Waals surface area (Å²) in [6, 6.07) is 8.65. The lowest BCUT2D eigenvalue weighted by Crippen LogP contribution is -2.21. The standard InChI is InChI=1S/C24H25ClN6O3/c1-14(2)34-24(33)31-20(17-12-27-30(5)13-17)9-16-11-26-22(10-21(16)31)28-19-7-6-15(8-18(19)25)23(32)29(3)4/h6-14H,1-5H3,(H,26,28). The summed E-state index contributed by atoms with van der Waals surface area (Å²) in [6.45, 7) is 3.60. The minimum atomic E-state index is -0.495. The molecule has 176 valence electrons. The average molecular weight is 481 g/mol. The highest BCUT2D eigenvalue weighted by atomic mass is 35.5. The molecule has 34 heavy (non-hydrogen) atoms. The maximum Gasteiger partial charge on any atom is 0.419 e. The minimum Gasteiger partial charge on any atom is -0.446 e. The number of aryl methyl sites for hydroxylation is 1. The lowest BCUT2D eigenvalue weighted by molar-refractivity contribution is 0.0827. The Morgan fingerprint density at radius 2 is 1.91 bits per heavy atom. The third-order valence-electron chi connectivity index (χ3n) is 5.09. The summed E-state index contributed by atoms with van der Waals surface area (Å²) in [5.74, 6) is 0.341. The number of carbonyl (C=O) groups excluding carboxylic acids is 2. The van der Waals surface area contributed by atoms with Gasteiger partial charge in [0.15, 0.2) is 0 Å². The lowest BCUT2D eigenvalue weighted by atomic mass is 10.2. The zero-order chi connectivity index (χ0) is 24.6. The molecule has 0 radical (unpaired) electrons. The molecule has 0 saturated heterocycles. The van der Waals surface area contributed by atoms with Crippen LogP contribution in [0.3, 0.4) is 0 Å². The predicted octanol–water partition coefficient (Wildman–Crippen LogP) is 4.93. The molecule has 0 aliphatic rings. The molecule has 0 saturated carbocycles. The van der Waals surface area contributed by atoms with E-state index in [1.54, 1.807) is 69.3 Å². The Bertz CT molecular complexity index is 1390. The highest BCUT2D eigenvalue weighted by Crippen LogP contribution is 2.31. The van der Waals surface area contributed by atoms with Crippen LogP contribution in [-0.4, -0.2) is 56.4 Å². The van der Waals surface area contributed by atoms with Crippen molar-refractivity contribution in [1.82, 2.24) is 24.2 Å². The van der Waals surface area contributed by atoms with Gasteiger partial charge in [-0.25, -0.2) is 14.3 Å². The first-order valence-electron chi connectivity index (χ1n) is 10.6. The summed E-state index contributed by atoms with van der Waals surface area (Å²) >= 11 is 6.42. The number of carbonyl (C=O) groups is 2. The van der Waals surface area contributed by atoms with Crippen LogP contribution in [0.1, 0.15) is 24.2 Å². The number of fused-ring (bicyclic) bond motifs is 1. The van der Waals surface area contributed by atoms with Gasteiger partial charge in [0.1, 0.15) is 5.82 Å². The molecular weight excluding hydrogens is 456 g/mol. The number of benzene rings is 1. The van der Waals surface area contributed by atoms with Gasteiger partial charge >= 0.3 is 6.09 Å². The van der Waals surface area contributed by atoms with Crippen molar-refractivity contribution in [3.05, 3.63) is 59.5 Å². The Morgan fingerprint density at radius 3 is 2.53 bits per heavy atom. The summed E-state index contributed by atoms with van der Waals surface area (Å²) < 4.78 is 8.69. The monoisotopic (exact) mass is 480 g/mol. The SMILES string of the molecule is CC(C)OC(=O)n1c(-c2cnn(C)c2)cc2cnc(Nc3ccc(C(=O)N(C)C)cc3Cl)cc21. The number of aromatic nitrogens is 4. The van der Waals surface area contributed by atoms with E-state index < -0.39 is 6.09 Å². The second-order valence-electron chi connectivity index (χ2n) is 8.35. The van der Waals surface area contributed by atoms with Crippen LogP contribution < -0.4 is 5.32 Å². The van der Waals surface area contributed by atoms with E-state index in [0.717, 1.165) is 10.9 Å². The van der Waals surface area contributed by atoms with Crippen molar-refractivity contribution in [2.45, 2.75) is 20.0 Å². The van der Waals surface area contributed by atoms with Crippen LogP contribution in [0.2, 0.25) is 5.02 Å². The molecule has 3 aromatic heterocycles. The first kappa shape index (κ1) is 23.3. The van der Waals surface area contributed by atoms with E-state index in [0.29, 0.717) is 33.3 Å². The Balaban J connectivity index is 1.75. The summed E-state index contributed by atoms with van der Waals surface area (Å²) in [5, 5.41) is 8.53. The molecule has 0 unspecified atom stereocenters. The van der Waals surface area contributed by atoms with Crippen LogP contribution >= 0.6 is 11.6 Å². The van der Waals surface area contributed by atoms with Crippen LogP contribution in [0.25, 0.3) is 22.2 Å². The fourth-order valence-electron chi connectivity index (χ4n) is 3.53. The van der Waals surface area contributed by atoms with Crippen molar-refractivity contribution in [2.24, 2.45) is 7.05 Å². The maximum atomic E-state index is 13.0. The summed E-state index contributed by atoms with van der Waals surface area (Å²) in [7, 11) is 5.18. The van der Waals surface area contributed by atoms with E-state index in [2.05, 4.69) is 15.4 Å². The molecule has 1 amide bonds. The van der Waals surface area contributed by atoms with Crippen molar-refractivity contribution < 1.29 is 14.3 Å². The van der Waals surface area contributed by atoms with E-state index in [1.165, 1.54) is 9.47 Å². The second-order valence-corrected chi connectivity index (χ2v) is 8.75. The van der Waals surface area contributed by atoms with Gasteiger partial charge in [-0.3, -0.25) is 9.48 Å². The highest BCUT2D eigenvalue weighted by Gasteiger charge is 2.20. The quantitative estimate of drug-likeness (QED) is 0.435. The second kappa shape index (κ2) is 9.18. The van der Waals surface area contributed by atoms with Crippen molar-refractivity contribution in [2.75, 3.05) is 19.4 Å². The molecule has 10 heteroatoms. The Labute approximate surface area is 201 Å². The van der Waals surface area contributed by atoms with Gasteiger partial charge < -0.3 is 15.0 Å². The molecule has 3 heterocycles. The number of halogens is 1. The molecule has 4 aromatic rings. The molecule has 1 N–H and O–H groups in total. The van der Waals surface area contributed by atoms with E-state index >= 15 is 0 Å². The van der Waals surface area contributed by atoms with Gasteiger partial charge in [-0.2, -0.15) is 5.10 Å². The molecule has 0 fully saturated rings. The third kappa shape index (κ3) is 4.60. The largest absolute Gasteiger partial charge is 0.446 e. The summed E-state index contributed by atoms with van der Waals surface area (Å²) in [4.78, 5) is 31.2. The Kier molecular flexibility index (Phi) is 6.30. The first-order chi connectivity index (χ1) is 16.1. The molecule has 9 nitrogen and oxygen atoms in total. The lowest BCUT2D eigenvalue weighted by Gasteiger charge is -2.14. The van der Waals surface area contributed by atoms with Crippen LogP contribution in [0.5, 0.6) is 0 Å². The third-order valence-corrected chi connectivity index (χ3v) is 5.40. The molecule has 0 aliphatic heterocycles. The normalized spacial score (nSPS) is 11.1. The fourth-order valence-corrected chi connectivity index (χ4v) is 3.76. The number of hydrogen-bond donors (Lipinski definition) is 1. The minimum absolute atomic E-state index is 0.141. The summed E-state index contributed by atoms with van der Waals surface area (Å²) in [6.07, 6.45) is 4.42. The first-order valence-corrected chi connectivity index (χ1v) is 11.0. The molecule has 0 spiro atoms. The number of amides is 1. The number of nitrogens with zero attached hydrogens (tertiary/aromatic N) is 5. The van der Waals surface area contributed by atoms with Crippen LogP contribution in [-0.2, 0) is 11.8 Å². The molecule has 1 aromatic carbocycles. The average Bonchev–Trinajstić information content (AvgIpc) is 3.37. The predicted molar refractivity (Wildman–Crippen MR) is 132 cm³/mol. The van der Waals surface area contributed by atoms with E-state index in [4.69, 9.17) is 16.3 Å². The number of hydrogen-bond acceptors (Lipinski definition) is 6. The fraction of sp³-hybridized carbons (Fsp3) is 0.250. The van der Waals surface area contributed by atoms with E-state index in [1.807, 2.05) is 19.3 Å². The molecule has 4 rings (SSSR count). The van der Waals surface area contributed by atoms with Crippen molar-refractivity contribution >= 4 is 46.0 Å². The smallest absolute Gasteiger partial charge is 0.419 e. The van der Waals surface area contributed by atoms with Gasteiger partial charge in [-0.05, 0) is 38.1 Å². The zero-order valence-corrected chi connectivity index (χ0v) is 20.3. The van der Waals surface area contributed by atoms with Crippen LogP contribution in [0, 0.1) is 0 Å². The maximum absolute atomic E-state index is 13.0. The molecular formula is C24H25ClN6O3. The van der Waals surface area contributed by atoms with Crippen molar-refractivity contribution in [3.8, 4) is 11.3 Å². The number of nitrogens with one attached hydrogen (secondary N) is 1. The Morgan fingerprint density at radius 1 is 1.15 bits per heavy atom. The van der Waals surface area contributed by atoms with E-state index in [9.17, 15) is 9.59 Å².